The Bertz CT molecular complexity index is 371. The topological polar surface area (TPSA) is 52.5 Å². The van der Waals surface area contributed by atoms with Crippen molar-refractivity contribution < 1.29 is 10.2 Å². The molecule has 0 radical (unpaired) electrons. The molecule has 18 heavy (non-hydrogen) atoms. The highest BCUT2D eigenvalue weighted by molar-refractivity contribution is 5.34. The summed E-state index contributed by atoms with van der Waals surface area (Å²) in [6, 6.07) is 7.41. The van der Waals surface area contributed by atoms with Crippen molar-refractivity contribution in [3.05, 3.63) is 29.8 Å². The molecule has 1 aromatic carbocycles. The third-order valence-corrected chi connectivity index (χ3v) is 3.28. The molecule has 1 aromatic rings. The van der Waals surface area contributed by atoms with E-state index < -0.39 is 6.10 Å². The normalized spacial score (nSPS) is 15.4. The molecule has 3 nitrogen and oxygen atoms in total. The van der Waals surface area contributed by atoms with Gasteiger partial charge in [0.2, 0.25) is 0 Å². The van der Waals surface area contributed by atoms with Crippen LogP contribution in [0.5, 0.6) is 5.75 Å². The number of phenolic OH excluding ortho intramolecular Hbond substituents is 1. The van der Waals surface area contributed by atoms with Crippen molar-refractivity contribution in [1.82, 2.24) is 5.32 Å². The van der Waals surface area contributed by atoms with E-state index in [1.165, 1.54) is 0 Å². The fraction of sp³-hybridized carbons (Fsp3) is 0.600. The molecule has 0 aromatic heterocycles. The summed E-state index contributed by atoms with van der Waals surface area (Å²) in [6.45, 7) is 8.63. The minimum atomic E-state index is -0.405. The SMILES string of the molecule is CC[C@H](NC[C@H](O)C(C)(C)C)c1ccccc1O. The van der Waals surface area contributed by atoms with Crippen LogP contribution in [0.15, 0.2) is 24.3 Å². The van der Waals surface area contributed by atoms with E-state index in [0.29, 0.717) is 12.3 Å². The zero-order chi connectivity index (χ0) is 13.8. The van der Waals surface area contributed by atoms with Crippen LogP contribution in [0.25, 0.3) is 0 Å². The largest absolute Gasteiger partial charge is 0.508 e. The van der Waals surface area contributed by atoms with Crippen LogP contribution >= 0.6 is 0 Å². The molecule has 1 rings (SSSR count). The molecule has 0 saturated heterocycles. The first kappa shape index (κ1) is 15.0. The van der Waals surface area contributed by atoms with Gasteiger partial charge in [-0.25, -0.2) is 0 Å². The lowest BCUT2D eigenvalue weighted by Crippen LogP contribution is -2.38. The molecule has 0 unspecified atom stereocenters. The van der Waals surface area contributed by atoms with Crippen molar-refractivity contribution in [1.29, 1.82) is 0 Å². The van der Waals surface area contributed by atoms with Gasteiger partial charge in [0.15, 0.2) is 0 Å². The summed E-state index contributed by atoms with van der Waals surface area (Å²) in [7, 11) is 0. The van der Waals surface area contributed by atoms with Gasteiger partial charge in [0, 0.05) is 18.2 Å². The minimum Gasteiger partial charge on any atom is -0.508 e. The van der Waals surface area contributed by atoms with Crippen LogP contribution in [0.3, 0.4) is 0 Å². The van der Waals surface area contributed by atoms with Crippen molar-refractivity contribution in [2.75, 3.05) is 6.54 Å². The van der Waals surface area contributed by atoms with Crippen LogP contribution in [0.2, 0.25) is 0 Å². The monoisotopic (exact) mass is 251 g/mol. The van der Waals surface area contributed by atoms with Crippen molar-refractivity contribution in [3.8, 4) is 5.75 Å². The van der Waals surface area contributed by atoms with Gasteiger partial charge in [-0.05, 0) is 17.9 Å². The maximum absolute atomic E-state index is 10.0. The molecule has 0 saturated carbocycles. The Balaban J connectivity index is 2.67. The first-order valence-corrected chi connectivity index (χ1v) is 6.55. The Morgan fingerprint density at radius 2 is 1.83 bits per heavy atom. The zero-order valence-electron chi connectivity index (χ0n) is 11.8. The molecular formula is C15H25NO2. The number of aliphatic hydroxyl groups is 1. The van der Waals surface area contributed by atoms with Crippen LogP contribution in [0.1, 0.15) is 45.7 Å². The van der Waals surface area contributed by atoms with Gasteiger partial charge in [-0.1, -0.05) is 45.9 Å². The zero-order valence-corrected chi connectivity index (χ0v) is 11.8. The summed E-state index contributed by atoms with van der Waals surface area (Å²) in [5.41, 5.74) is 0.755. The number of para-hydroxylation sites is 1. The maximum Gasteiger partial charge on any atom is 0.120 e. The Labute approximate surface area is 110 Å². The lowest BCUT2D eigenvalue weighted by molar-refractivity contribution is 0.0602. The molecule has 3 N–H and O–H groups in total. The van der Waals surface area contributed by atoms with E-state index in [4.69, 9.17) is 0 Å². The Hall–Kier alpha value is -1.06. The van der Waals surface area contributed by atoms with Gasteiger partial charge in [-0.15, -0.1) is 0 Å². The van der Waals surface area contributed by atoms with Crippen LogP contribution in [-0.4, -0.2) is 22.9 Å². The van der Waals surface area contributed by atoms with E-state index >= 15 is 0 Å². The second kappa shape index (κ2) is 6.21. The molecule has 0 fully saturated rings. The number of hydrogen-bond donors (Lipinski definition) is 3. The Morgan fingerprint density at radius 3 is 2.33 bits per heavy atom. The highest BCUT2D eigenvalue weighted by atomic mass is 16.3. The third kappa shape index (κ3) is 4.00. The van der Waals surface area contributed by atoms with Crippen molar-refractivity contribution in [2.24, 2.45) is 5.41 Å². The number of aromatic hydroxyl groups is 1. The lowest BCUT2D eigenvalue weighted by atomic mass is 9.89. The van der Waals surface area contributed by atoms with E-state index in [-0.39, 0.29) is 11.5 Å². The summed E-state index contributed by atoms with van der Waals surface area (Å²) in [6.07, 6.45) is 0.464. The van der Waals surface area contributed by atoms with Gasteiger partial charge >= 0.3 is 0 Å². The number of hydrogen-bond acceptors (Lipinski definition) is 3. The molecule has 0 aliphatic carbocycles. The predicted octanol–water partition coefficient (Wildman–Crippen LogP) is 2.84. The van der Waals surface area contributed by atoms with Crippen LogP contribution in [0.4, 0.5) is 0 Å². The van der Waals surface area contributed by atoms with Gasteiger partial charge in [-0.3, -0.25) is 0 Å². The van der Waals surface area contributed by atoms with Crippen molar-refractivity contribution in [3.63, 3.8) is 0 Å². The number of nitrogens with one attached hydrogen (secondary N) is 1. The molecule has 0 aliphatic heterocycles. The van der Waals surface area contributed by atoms with E-state index in [2.05, 4.69) is 12.2 Å². The van der Waals surface area contributed by atoms with Crippen LogP contribution in [0, 0.1) is 5.41 Å². The molecule has 0 spiro atoms. The standard InChI is InChI=1S/C15H25NO2/c1-5-12(11-8-6-7-9-13(11)17)16-10-14(18)15(2,3)4/h6-9,12,14,16-18H,5,10H2,1-4H3/t12-,14-/m0/s1. The molecule has 2 atom stereocenters. The van der Waals surface area contributed by atoms with E-state index in [1.54, 1.807) is 6.07 Å². The van der Waals surface area contributed by atoms with Crippen LogP contribution in [-0.2, 0) is 0 Å². The Kier molecular flexibility index (Phi) is 5.17. The van der Waals surface area contributed by atoms with Gasteiger partial charge in [-0.2, -0.15) is 0 Å². The first-order valence-electron chi connectivity index (χ1n) is 6.55. The highest BCUT2D eigenvalue weighted by Crippen LogP contribution is 2.26. The fourth-order valence-corrected chi connectivity index (χ4v) is 1.82. The summed E-state index contributed by atoms with van der Waals surface area (Å²) >= 11 is 0. The minimum absolute atomic E-state index is 0.0724. The molecule has 0 bridgehead atoms. The molecular weight excluding hydrogens is 226 g/mol. The Morgan fingerprint density at radius 1 is 1.22 bits per heavy atom. The summed E-state index contributed by atoms with van der Waals surface area (Å²) in [4.78, 5) is 0. The molecule has 3 heteroatoms. The lowest BCUT2D eigenvalue weighted by Gasteiger charge is -2.28. The summed E-state index contributed by atoms with van der Waals surface area (Å²) in [5.74, 6) is 0.307. The average molecular weight is 251 g/mol. The van der Waals surface area contributed by atoms with E-state index in [0.717, 1.165) is 12.0 Å². The smallest absolute Gasteiger partial charge is 0.120 e. The summed E-state index contributed by atoms with van der Waals surface area (Å²) < 4.78 is 0. The van der Waals surface area contributed by atoms with Crippen molar-refractivity contribution in [2.45, 2.75) is 46.3 Å². The van der Waals surface area contributed by atoms with Gasteiger partial charge < -0.3 is 15.5 Å². The maximum atomic E-state index is 10.0. The average Bonchev–Trinajstić information content (AvgIpc) is 2.30. The first-order chi connectivity index (χ1) is 8.36. The molecule has 0 amide bonds. The van der Waals surface area contributed by atoms with Gasteiger partial charge in [0.1, 0.15) is 5.75 Å². The third-order valence-electron chi connectivity index (χ3n) is 3.28. The van der Waals surface area contributed by atoms with Crippen molar-refractivity contribution >= 4 is 0 Å². The van der Waals surface area contributed by atoms with E-state index in [1.807, 2.05) is 39.0 Å². The molecule has 0 heterocycles. The predicted molar refractivity (Wildman–Crippen MR) is 74.6 cm³/mol. The highest BCUT2D eigenvalue weighted by Gasteiger charge is 2.23. The summed E-state index contributed by atoms with van der Waals surface area (Å²) in [5, 5.41) is 23.2. The van der Waals surface area contributed by atoms with E-state index in [9.17, 15) is 10.2 Å². The number of rotatable bonds is 5. The van der Waals surface area contributed by atoms with Gasteiger partial charge in [0.05, 0.1) is 6.10 Å². The fourth-order valence-electron chi connectivity index (χ4n) is 1.82. The van der Waals surface area contributed by atoms with Crippen LogP contribution < -0.4 is 5.32 Å². The molecule has 0 aliphatic rings. The number of phenols is 1. The second-order valence-electron chi connectivity index (χ2n) is 5.81. The quantitative estimate of drug-likeness (QED) is 0.754. The second-order valence-corrected chi connectivity index (χ2v) is 5.81. The number of aliphatic hydroxyl groups excluding tert-OH is 1. The molecule has 102 valence electrons. The van der Waals surface area contributed by atoms with Gasteiger partial charge in [0.25, 0.3) is 0 Å². The number of benzene rings is 1.